The Labute approximate surface area is 217 Å². The third-order valence-electron chi connectivity index (χ3n) is 5.59. The first-order chi connectivity index (χ1) is 17.2. The molecule has 0 atom stereocenters. The van der Waals surface area contributed by atoms with Crippen LogP contribution in [-0.2, 0) is 16.5 Å². The molecule has 0 radical (unpaired) electrons. The second kappa shape index (κ2) is 12.7. The van der Waals surface area contributed by atoms with Crippen molar-refractivity contribution in [3.63, 3.8) is 0 Å². The van der Waals surface area contributed by atoms with Gasteiger partial charge >= 0.3 is 17.1 Å². The van der Waals surface area contributed by atoms with Gasteiger partial charge in [-0.1, -0.05) is 134 Å². The Balaban J connectivity index is 0.000000917. The summed E-state index contributed by atoms with van der Waals surface area (Å²) in [5.74, 6) is 0. The van der Waals surface area contributed by atoms with E-state index in [9.17, 15) is 0 Å². The van der Waals surface area contributed by atoms with Gasteiger partial charge in [0.25, 0.3) is 20.0 Å². The summed E-state index contributed by atoms with van der Waals surface area (Å²) in [6.45, 7) is 4.53. The van der Waals surface area contributed by atoms with E-state index in [2.05, 4.69) is 61.6 Å². The van der Waals surface area contributed by atoms with E-state index >= 15 is 0 Å². The molecule has 0 amide bonds. The van der Waals surface area contributed by atoms with E-state index in [1.807, 2.05) is 72.8 Å². The zero-order valence-corrected chi connectivity index (χ0v) is 26.5. The maximum atomic E-state index is 7.43. The third-order valence-corrected chi connectivity index (χ3v) is 17.8. The first kappa shape index (κ1) is 25.9. The molecule has 0 bridgehead atoms. The zero-order chi connectivity index (χ0) is 24.4. The SMILES string of the molecule is C[SiH2]C.c1ccc([Si]2(c3ccccc3)O[SiH2]O[SiH2]O[Si](c3ccccc3)(c3ccccc3)O2)cc1. The number of rotatable bonds is 4. The summed E-state index contributed by atoms with van der Waals surface area (Å²) in [6.07, 6.45) is 0. The molecular weight excluding hydrogens is 517 g/mol. The lowest BCUT2D eigenvalue weighted by Gasteiger charge is -2.43. The van der Waals surface area contributed by atoms with Crippen molar-refractivity contribution in [1.82, 2.24) is 0 Å². The Morgan fingerprint density at radius 1 is 0.486 bits per heavy atom. The highest BCUT2D eigenvalue weighted by atomic mass is 28.5. The van der Waals surface area contributed by atoms with E-state index in [4.69, 9.17) is 16.5 Å². The summed E-state index contributed by atoms with van der Waals surface area (Å²) >= 11 is 0. The normalized spacial score (nSPS) is 18.1. The fourth-order valence-corrected chi connectivity index (χ4v) is 18.7. The van der Waals surface area contributed by atoms with Gasteiger partial charge in [-0.05, 0) is 20.7 Å². The fraction of sp³-hybridized carbons (Fsp3) is 0.0769. The molecule has 0 spiro atoms. The first-order valence-electron chi connectivity index (χ1n) is 12.0. The molecule has 9 heteroatoms. The van der Waals surface area contributed by atoms with E-state index in [1.165, 1.54) is 0 Å². The fourth-order valence-electron chi connectivity index (χ4n) is 4.08. The van der Waals surface area contributed by atoms with Crippen molar-refractivity contribution in [2.24, 2.45) is 0 Å². The molecule has 1 heterocycles. The molecular formula is C26H32O4Si5. The molecule has 0 saturated carbocycles. The van der Waals surface area contributed by atoms with E-state index < -0.39 is 37.1 Å². The van der Waals surface area contributed by atoms with Gasteiger partial charge in [0.2, 0.25) is 0 Å². The van der Waals surface area contributed by atoms with Crippen molar-refractivity contribution in [3.05, 3.63) is 121 Å². The van der Waals surface area contributed by atoms with Gasteiger partial charge in [-0.25, -0.2) is 0 Å². The molecule has 5 rings (SSSR count). The molecule has 1 aliphatic heterocycles. The molecule has 1 fully saturated rings. The monoisotopic (exact) mass is 548 g/mol. The molecule has 4 aromatic carbocycles. The van der Waals surface area contributed by atoms with Gasteiger partial charge in [-0.2, -0.15) is 0 Å². The number of hydrogen-bond acceptors (Lipinski definition) is 4. The Morgan fingerprint density at radius 3 is 1.00 bits per heavy atom. The highest BCUT2D eigenvalue weighted by Crippen LogP contribution is 2.20. The van der Waals surface area contributed by atoms with Gasteiger partial charge in [0.05, 0.1) is 0 Å². The van der Waals surface area contributed by atoms with Crippen molar-refractivity contribution in [1.29, 1.82) is 0 Å². The van der Waals surface area contributed by atoms with Gasteiger partial charge in [-0.3, -0.25) is 0 Å². The van der Waals surface area contributed by atoms with Crippen molar-refractivity contribution < 1.29 is 16.5 Å². The maximum Gasteiger partial charge on any atom is 0.389 e. The Morgan fingerprint density at radius 2 is 0.743 bits per heavy atom. The predicted octanol–water partition coefficient (Wildman–Crippen LogP) is 0.829. The highest BCUT2D eigenvalue weighted by Gasteiger charge is 2.55. The van der Waals surface area contributed by atoms with Crippen LogP contribution in [0.4, 0.5) is 0 Å². The van der Waals surface area contributed by atoms with E-state index in [0.29, 0.717) is 9.52 Å². The van der Waals surface area contributed by atoms with Crippen LogP contribution < -0.4 is 20.7 Å². The van der Waals surface area contributed by atoms with Crippen molar-refractivity contribution in [3.8, 4) is 0 Å². The first-order valence-corrected chi connectivity index (χ1v) is 20.8. The van der Waals surface area contributed by atoms with Gasteiger partial charge < -0.3 is 16.5 Å². The molecule has 0 aliphatic carbocycles. The largest absolute Gasteiger partial charge is 0.425 e. The van der Waals surface area contributed by atoms with Crippen LogP contribution in [-0.4, -0.2) is 46.7 Å². The van der Waals surface area contributed by atoms with Crippen LogP contribution in [0.15, 0.2) is 121 Å². The minimum atomic E-state index is -3.12. The van der Waals surface area contributed by atoms with Crippen molar-refractivity contribution in [2.75, 3.05) is 0 Å². The lowest BCUT2D eigenvalue weighted by atomic mass is 10.4. The molecule has 4 aromatic rings. The van der Waals surface area contributed by atoms with Crippen LogP contribution in [0, 0.1) is 0 Å². The molecule has 0 N–H and O–H groups in total. The van der Waals surface area contributed by atoms with Crippen LogP contribution >= 0.6 is 0 Å². The molecule has 35 heavy (non-hydrogen) atoms. The zero-order valence-electron chi connectivity index (χ0n) is 20.3. The molecule has 1 aliphatic rings. The van der Waals surface area contributed by atoms with Gasteiger partial charge in [0, 0.05) is 9.52 Å². The summed E-state index contributed by atoms with van der Waals surface area (Å²) in [6, 6.07) is 41.4. The van der Waals surface area contributed by atoms with E-state index in [-0.39, 0.29) is 0 Å². The molecule has 0 unspecified atom stereocenters. The summed E-state index contributed by atoms with van der Waals surface area (Å²) in [7, 11) is -8.33. The molecule has 4 nitrogen and oxygen atoms in total. The molecule has 1 saturated heterocycles. The van der Waals surface area contributed by atoms with Crippen LogP contribution in [0.3, 0.4) is 0 Å². The average molecular weight is 549 g/mol. The smallest absolute Gasteiger partial charge is 0.389 e. The van der Waals surface area contributed by atoms with Gasteiger partial charge in [0.15, 0.2) is 0 Å². The second-order valence-corrected chi connectivity index (χ2v) is 19.7. The summed E-state index contributed by atoms with van der Waals surface area (Å²) in [4.78, 5) is 0. The lowest BCUT2D eigenvalue weighted by molar-refractivity contribution is 0.304. The maximum absolute atomic E-state index is 7.43. The van der Waals surface area contributed by atoms with E-state index in [0.717, 1.165) is 20.7 Å². The van der Waals surface area contributed by atoms with Crippen LogP contribution in [0.25, 0.3) is 0 Å². The molecule has 0 aromatic heterocycles. The molecule has 180 valence electrons. The third kappa shape index (κ3) is 5.80. The predicted molar refractivity (Wildman–Crippen MR) is 158 cm³/mol. The van der Waals surface area contributed by atoms with Crippen LogP contribution in [0.5, 0.6) is 0 Å². The lowest BCUT2D eigenvalue weighted by Crippen LogP contribution is -2.76. The summed E-state index contributed by atoms with van der Waals surface area (Å²) in [5, 5.41) is 4.27. The topological polar surface area (TPSA) is 36.9 Å². The van der Waals surface area contributed by atoms with Crippen LogP contribution in [0.1, 0.15) is 0 Å². The Bertz CT molecular complexity index is 982. The highest BCUT2D eigenvalue weighted by molar-refractivity contribution is 7.06. The van der Waals surface area contributed by atoms with Gasteiger partial charge in [0.1, 0.15) is 0 Å². The van der Waals surface area contributed by atoms with Crippen LogP contribution in [0.2, 0.25) is 13.1 Å². The summed E-state index contributed by atoms with van der Waals surface area (Å²) < 4.78 is 27.1. The van der Waals surface area contributed by atoms with Crippen molar-refractivity contribution in [2.45, 2.75) is 13.1 Å². The number of benzene rings is 4. The minimum absolute atomic E-state index is 0.417. The minimum Gasteiger partial charge on any atom is -0.425 e. The Hall–Kier alpha value is -2.20. The quantitative estimate of drug-likeness (QED) is 0.354. The van der Waals surface area contributed by atoms with Gasteiger partial charge in [-0.15, -0.1) is 0 Å². The summed E-state index contributed by atoms with van der Waals surface area (Å²) in [5.41, 5.74) is 0. The second-order valence-electron chi connectivity index (χ2n) is 8.23. The number of hydrogen-bond donors (Lipinski definition) is 0. The van der Waals surface area contributed by atoms with Crippen molar-refractivity contribution >= 4 is 67.4 Å². The Kier molecular flexibility index (Phi) is 9.37. The van der Waals surface area contributed by atoms with E-state index in [1.54, 1.807) is 0 Å². The standard InChI is InChI=1S/C24H24O4Si4.C2H8Si/c1-5-13-21(14-6-1)31(22-15-7-2-8-16-22)26-29-25-30-27-32(28-31,23-17-9-3-10-18-23)24-19-11-4-12-20-24;1-3-2/h1-20H,29-30H2;3H2,1-2H3. The average Bonchev–Trinajstić information content (AvgIpc) is 2.92.